The summed E-state index contributed by atoms with van der Waals surface area (Å²) in [6.45, 7) is 2.32. The molecular weight excluding hydrogens is 214 g/mol. The lowest BCUT2D eigenvalue weighted by atomic mass is 9.85. The van der Waals surface area contributed by atoms with Crippen LogP contribution < -0.4 is 0 Å². The lowest BCUT2D eigenvalue weighted by Crippen LogP contribution is -2.30. The molecule has 2 saturated carbocycles. The molecule has 0 spiro atoms. The lowest BCUT2D eigenvalue weighted by molar-refractivity contribution is 0.0542. The van der Waals surface area contributed by atoms with E-state index in [9.17, 15) is 5.11 Å². The number of hydrogen-bond acceptors (Lipinski definition) is 1. The molecule has 5 atom stereocenters. The second-order valence-electron chi connectivity index (χ2n) is 6.43. The van der Waals surface area contributed by atoms with Crippen LogP contribution >= 0.6 is 0 Å². The van der Waals surface area contributed by atoms with Gasteiger partial charge in [0.2, 0.25) is 0 Å². The predicted molar refractivity (Wildman–Crippen MR) is 65.0 cm³/mol. The largest absolute Gasteiger partial charge is 0.391 e. The van der Waals surface area contributed by atoms with Gasteiger partial charge in [-0.15, -0.1) is 0 Å². The highest BCUT2D eigenvalue weighted by molar-refractivity contribution is 4.97. The third-order valence-electron chi connectivity index (χ3n) is 5.23. The molecule has 0 amide bonds. The molecule has 4 heteroatoms. The lowest BCUT2D eigenvalue weighted by Gasteiger charge is -2.32. The third kappa shape index (κ3) is 1.33. The van der Waals surface area contributed by atoms with E-state index >= 15 is 0 Å². The topological polar surface area (TPSA) is 35.0 Å². The van der Waals surface area contributed by atoms with Gasteiger partial charge < -0.3 is 5.11 Å². The molecule has 1 aromatic heterocycles. The Labute approximate surface area is 102 Å². The number of fused-ring (bicyclic) bond motifs is 4. The average molecular weight is 237 g/mol. The summed E-state index contributed by atoms with van der Waals surface area (Å²) >= 11 is 0. The maximum absolute atomic E-state index is 10.2. The molecule has 1 aromatic rings. The molecule has 0 aromatic carbocycles. The smallest absolute Gasteiger partial charge is 0.0969 e. The van der Waals surface area contributed by atoms with E-state index in [-0.39, 0.29) is 6.10 Å². The first-order valence-corrected chi connectivity index (χ1v) is 7.33. The van der Waals surface area contributed by atoms with Crippen LogP contribution in [-0.2, 0) is 0 Å². The number of aliphatic hydroxyl groups excluding tert-OH is 1. The van der Waals surface area contributed by atoms with Crippen molar-refractivity contribution in [2.24, 2.45) is 5.92 Å². The zero-order valence-electron chi connectivity index (χ0n) is 10.6. The Hall–Kier alpha value is -0.640. The molecule has 0 saturated heterocycles. The molecule has 4 rings (SSSR count). The van der Waals surface area contributed by atoms with E-state index in [0.29, 0.717) is 6.04 Å². The Kier molecular flexibility index (Phi) is 2.08. The average Bonchev–Trinajstić information content (AvgIpc) is 2.98. The maximum Gasteiger partial charge on any atom is 0.0969 e. The summed E-state index contributed by atoms with van der Waals surface area (Å²) in [6.07, 6.45) is 8.72. The number of nitrogens with zero attached hydrogens (tertiary/aromatic N) is 3. The standard InChI is InChI=1S/C13H23N3O/c1-9-6-7-13(17)12(8-9)16-14-10-4-2-3-5-11(10)15(14)16/h9-13,17H,2-8H2,1H3. The summed E-state index contributed by atoms with van der Waals surface area (Å²) in [6, 6.07) is 1.91. The molecule has 3 aliphatic rings. The fraction of sp³-hybridized carbons (Fsp3) is 1.00. The second-order valence-corrected chi connectivity index (χ2v) is 6.43. The van der Waals surface area contributed by atoms with Gasteiger partial charge in [-0.05, 0) is 38.0 Å². The molecule has 17 heavy (non-hydrogen) atoms. The van der Waals surface area contributed by atoms with Gasteiger partial charge in [0.05, 0.1) is 24.2 Å². The molecule has 0 bridgehead atoms. The van der Waals surface area contributed by atoms with Crippen molar-refractivity contribution in [2.75, 3.05) is 0 Å². The van der Waals surface area contributed by atoms with Crippen LogP contribution in [0.4, 0.5) is 0 Å². The van der Waals surface area contributed by atoms with Gasteiger partial charge in [0, 0.05) is 0 Å². The minimum atomic E-state index is -0.112. The van der Waals surface area contributed by atoms with Crippen LogP contribution in [0, 0.1) is 5.92 Å². The van der Waals surface area contributed by atoms with Gasteiger partial charge in [-0.3, -0.25) is 0 Å². The first-order chi connectivity index (χ1) is 8.27. The molecule has 2 aliphatic carbocycles. The van der Waals surface area contributed by atoms with Gasteiger partial charge in [0.25, 0.3) is 0 Å². The Morgan fingerprint density at radius 2 is 1.41 bits per heavy atom. The van der Waals surface area contributed by atoms with Crippen molar-refractivity contribution in [3.05, 3.63) is 0 Å². The number of aliphatic hydroxyl groups is 1. The second kappa shape index (κ2) is 3.44. The Morgan fingerprint density at radius 1 is 0.824 bits per heavy atom. The van der Waals surface area contributed by atoms with Gasteiger partial charge in [0.1, 0.15) is 0 Å². The van der Waals surface area contributed by atoms with Crippen LogP contribution in [-0.4, -0.2) is 25.6 Å². The summed E-state index contributed by atoms with van der Waals surface area (Å²) < 4.78 is 0. The van der Waals surface area contributed by atoms with Crippen molar-refractivity contribution in [2.45, 2.75) is 76.1 Å². The SMILES string of the molecule is CC1CCC(O)C(n2n3n2C2CCCCC23)C1. The quantitative estimate of drug-likeness (QED) is 0.800. The summed E-state index contributed by atoms with van der Waals surface area (Å²) in [5, 5.41) is 10.2. The fourth-order valence-corrected chi connectivity index (χ4v) is 4.21. The van der Waals surface area contributed by atoms with Crippen LogP contribution in [0.25, 0.3) is 0 Å². The van der Waals surface area contributed by atoms with Gasteiger partial charge in [0.15, 0.2) is 0 Å². The van der Waals surface area contributed by atoms with Crippen LogP contribution in [0.2, 0.25) is 0 Å². The van der Waals surface area contributed by atoms with Gasteiger partial charge >= 0.3 is 0 Å². The number of rotatable bonds is 1. The van der Waals surface area contributed by atoms with E-state index < -0.39 is 0 Å². The van der Waals surface area contributed by atoms with Crippen molar-refractivity contribution >= 4 is 0 Å². The van der Waals surface area contributed by atoms with E-state index in [1.54, 1.807) is 0 Å². The minimum Gasteiger partial charge on any atom is -0.391 e. The first-order valence-electron chi connectivity index (χ1n) is 7.33. The molecule has 0 radical (unpaired) electrons. The van der Waals surface area contributed by atoms with Crippen LogP contribution in [0.1, 0.15) is 70.0 Å². The predicted octanol–water partition coefficient (Wildman–Crippen LogP) is 2.48. The van der Waals surface area contributed by atoms with Crippen molar-refractivity contribution in [3.8, 4) is 0 Å². The minimum absolute atomic E-state index is 0.112. The van der Waals surface area contributed by atoms with E-state index in [0.717, 1.165) is 30.8 Å². The van der Waals surface area contributed by atoms with E-state index in [2.05, 4.69) is 21.3 Å². The molecule has 4 nitrogen and oxygen atoms in total. The zero-order valence-corrected chi connectivity index (χ0v) is 10.6. The molecule has 5 unspecified atom stereocenters. The summed E-state index contributed by atoms with van der Waals surface area (Å²) in [4.78, 5) is 7.24. The van der Waals surface area contributed by atoms with Crippen LogP contribution in [0.3, 0.4) is 0 Å². The molecule has 1 aliphatic heterocycles. The summed E-state index contributed by atoms with van der Waals surface area (Å²) in [5.74, 6) is 0.771. The Bertz CT molecular complexity index is 391. The van der Waals surface area contributed by atoms with Crippen LogP contribution in [0.5, 0.6) is 0 Å². The number of aromatic nitrogens is 3. The fourth-order valence-electron chi connectivity index (χ4n) is 4.21. The number of hydrogen-bond donors (Lipinski definition) is 1. The molecule has 96 valence electrons. The van der Waals surface area contributed by atoms with Crippen molar-refractivity contribution in [1.82, 2.24) is 14.4 Å². The highest BCUT2D eigenvalue weighted by Gasteiger charge is 2.51. The molecular formula is C13H23N3O. The molecule has 1 N–H and O–H groups in total. The first kappa shape index (κ1) is 10.3. The van der Waals surface area contributed by atoms with Gasteiger partial charge in [-0.25, -0.2) is 0 Å². The van der Waals surface area contributed by atoms with E-state index in [1.165, 1.54) is 32.1 Å². The molecule has 2 heterocycles. The third-order valence-corrected chi connectivity index (χ3v) is 5.23. The Balaban J connectivity index is 1.56. The highest BCUT2D eigenvalue weighted by Crippen LogP contribution is 2.51. The van der Waals surface area contributed by atoms with Crippen molar-refractivity contribution < 1.29 is 5.11 Å². The monoisotopic (exact) mass is 237 g/mol. The van der Waals surface area contributed by atoms with E-state index in [4.69, 9.17) is 0 Å². The molecule has 2 fully saturated rings. The zero-order chi connectivity index (χ0) is 11.6. The van der Waals surface area contributed by atoms with Crippen LogP contribution in [0.15, 0.2) is 0 Å². The highest BCUT2D eigenvalue weighted by atomic mass is 16.3. The normalized spacial score (nSPS) is 45.2. The van der Waals surface area contributed by atoms with Crippen molar-refractivity contribution in [1.29, 1.82) is 0 Å². The Morgan fingerprint density at radius 3 is 2.06 bits per heavy atom. The van der Waals surface area contributed by atoms with Gasteiger partial charge in [-0.2, -0.15) is 14.4 Å². The maximum atomic E-state index is 10.2. The van der Waals surface area contributed by atoms with Crippen molar-refractivity contribution in [3.63, 3.8) is 0 Å². The summed E-state index contributed by atoms with van der Waals surface area (Å²) in [7, 11) is 0. The van der Waals surface area contributed by atoms with Gasteiger partial charge in [-0.1, -0.05) is 19.8 Å². The summed E-state index contributed by atoms with van der Waals surface area (Å²) in [5.41, 5.74) is 0. The van der Waals surface area contributed by atoms with E-state index in [1.807, 2.05) is 0 Å².